The molecule has 0 saturated carbocycles. The second kappa shape index (κ2) is 5.09. The third kappa shape index (κ3) is 3.31. The van der Waals surface area contributed by atoms with Crippen LogP contribution in [-0.2, 0) is 6.18 Å². The number of hydrogen-bond donors (Lipinski definition) is 1. The Morgan fingerprint density at radius 3 is 2.06 bits per heavy atom. The molecular weight excluding hydrogens is 358 g/mol. The third-order valence-corrected chi connectivity index (χ3v) is 2.65. The van der Waals surface area contributed by atoms with Gasteiger partial charge in [0.15, 0.2) is 0 Å². The maximum atomic E-state index is 12.3. The summed E-state index contributed by atoms with van der Waals surface area (Å²) in [7, 11) is 0. The number of aromatic nitrogens is 2. The number of benzene rings is 1. The van der Waals surface area contributed by atoms with Gasteiger partial charge in [0.2, 0.25) is 5.95 Å². The second-order valence-corrected chi connectivity index (χ2v) is 4.67. The predicted molar refractivity (Wildman–Crippen MR) is 69.5 cm³/mol. The Balaban J connectivity index is 2.13. The van der Waals surface area contributed by atoms with Crippen LogP contribution in [0.1, 0.15) is 5.56 Å². The van der Waals surface area contributed by atoms with Crippen LogP contribution in [0.4, 0.5) is 24.8 Å². The molecule has 94 valence electrons. The molecule has 0 aliphatic carbocycles. The summed E-state index contributed by atoms with van der Waals surface area (Å²) in [5, 5.41) is 2.82. The molecule has 1 N–H and O–H groups in total. The van der Waals surface area contributed by atoms with Crippen molar-refractivity contribution in [1.82, 2.24) is 9.97 Å². The van der Waals surface area contributed by atoms with Crippen molar-refractivity contribution in [2.24, 2.45) is 0 Å². The smallest absolute Gasteiger partial charge is 0.324 e. The van der Waals surface area contributed by atoms with Crippen molar-refractivity contribution >= 4 is 34.2 Å². The summed E-state index contributed by atoms with van der Waals surface area (Å²) in [5.41, 5.74) is -0.180. The molecule has 0 unspecified atom stereocenters. The van der Waals surface area contributed by atoms with E-state index in [1.807, 2.05) is 0 Å². The number of nitrogens with zero attached hydrogens (tertiary/aromatic N) is 2. The topological polar surface area (TPSA) is 37.8 Å². The fraction of sp³-hybridized carbons (Fsp3) is 0.0909. The van der Waals surface area contributed by atoms with Gasteiger partial charge in [0, 0.05) is 21.7 Å². The molecule has 0 fully saturated rings. The number of rotatable bonds is 2. The van der Waals surface area contributed by atoms with Gasteiger partial charge in [-0.1, -0.05) is 0 Å². The molecule has 0 spiro atoms. The normalized spacial score (nSPS) is 11.3. The summed E-state index contributed by atoms with van der Waals surface area (Å²) in [6.45, 7) is 0. The van der Waals surface area contributed by atoms with Crippen LogP contribution in [0, 0.1) is 3.57 Å². The maximum Gasteiger partial charge on any atom is 0.416 e. The van der Waals surface area contributed by atoms with Gasteiger partial charge in [0.05, 0.1) is 5.56 Å². The summed E-state index contributed by atoms with van der Waals surface area (Å²) < 4.78 is 37.9. The van der Waals surface area contributed by atoms with E-state index in [1.54, 1.807) is 12.4 Å². The number of anilines is 2. The number of nitrogens with one attached hydrogen (secondary N) is 1. The Bertz CT molecular complexity index is 523. The average Bonchev–Trinajstić information content (AvgIpc) is 2.32. The van der Waals surface area contributed by atoms with Crippen molar-refractivity contribution < 1.29 is 13.2 Å². The number of halogens is 4. The standard InChI is InChI=1S/C11H7F3IN3/c12-11(13,14)7-1-3-9(4-2-7)18-10-16-5-8(15)6-17-10/h1-6H,(H,16,17,18). The van der Waals surface area contributed by atoms with Crippen LogP contribution in [0.5, 0.6) is 0 Å². The largest absolute Gasteiger partial charge is 0.416 e. The molecule has 18 heavy (non-hydrogen) atoms. The number of alkyl halides is 3. The van der Waals surface area contributed by atoms with Gasteiger partial charge in [0.25, 0.3) is 0 Å². The fourth-order valence-electron chi connectivity index (χ4n) is 1.25. The third-order valence-electron chi connectivity index (χ3n) is 2.09. The predicted octanol–water partition coefficient (Wildman–Crippen LogP) is 3.84. The van der Waals surface area contributed by atoms with Gasteiger partial charge in [-0.15, -0.1) is 0 Å². The molecule has 0 atom stereocenters. The molecule has 2 aromatic rings. The SMILES string of the molecule is FC(F)(F)c1ccc(Nc2ncc(I)cn2)cc1. The first-order valence-electron chi connectivity index (χ1n) is 4.87. The average molecular weight is 365 g/mol. The van der Waals surface area contributed by atoms with E-state index in [2.05, 4.69) is 37.9 Å². The molecule has 0 saturated heterocycles. The van der Waals surface area contributed by atoms with E-state index < -0.39 is 11.7 Å². The molecule has 3 nitrogen and oxygen atoms in total. The molecule has 2 rings (SSSR count). The van der Waals surface area contributed by atoms with E-state index in [0.29, 0.717) is 11.6 Å². The molecule has 1 heterocycles. The minimum Gasteiger partial charge on any atom is -0.324 e. The van der Waals surface area contributed by atoms with Crippen molar-refractivity contribution in [3.8, 4) is 0 Å². The van der Waals surface area contributed by atoms with Gasteiger partial charge in [-0.2, -0.15) is 13.2 Å². The van der Waals surface area contributed by atoms with Gasteiger partial charge in [0.1, 0.15) is 0 Å². The molecule has 1 aromatic carbocycles. The zero-order valence-corrected chi connectivity index (χ0v) is 11.0. The number of hydrogen-bond acceptors (Lipinski definition) is 3. The van der Waals surface area contributed by atoms with E-state index >= 15 is 0 Å². The Labute approximate surface area is 115 Å². The van der Waals surface area contributed by atoms with Crippen LogP contribution in [0.2, 0.25) is 0 Å². The lowest BCUT2D eigenvalue weighted by Gasteiger charge is -2.08. The Hall–Kier alpha value is -1.38. The summed E-state index contributed by atoms with van der Waals surface area (Å²) in [4.78, 5) is 7.99. The van der Waals surface area contributed by atoms with Gasteiger partial charge in [-0.3, -0.25) is 0 Å². The molecule has 1 aromatic heterocycles. The minimum absolute atomic E-state index is 0.343. The van der Waals surface area contributed by atoms with E-state index in [4.69, 9.17) is 0 Å². The van der Waals surface area contributed by atoms with Gasteiger partial charge < -0.3 is 5.32 Å². The van der Waals surface area contributed by atoms with Crippen molar-refractivity contribution in [2.45, 2.75) is 6.18 Å². The van der Waals surface area contributed by atoms with Crippen LogP contribution >= 0.6 is 22.6 Å². The lowest BCUT2D eigenvalue weighted by atomic mass is 10.2. The van der Waals surface area contributed by atoms with Crippen molar-refractivity contribution in [1.29, 1.82) is 0 Å². The molecule has 0 amide bonds. The van der Waals surface area contributed by atoms with Crippen LogP contribution < -0.4 is 5.32 Å². The van der Waals surface area contributed by atoms with Gasteiger partial charge in [-0.25, -0.2) is 9.97 Å². The Kier molecular flexibility index (Phi) is 3.69. The van der Waals surface area contributed by atoms with Crippen molar-refractivity contribution in [2.75, 3.05) is 5.32 Å². The van der Waals surface area contributed by atoms with Crippen molar-refractivity contribution in [3.05, 3.63) is 45.8 Å². The minimum atomic E-state index is -4.32. The van der Waals surface area contributed by atoms with E-state index in [0.717, 1.165) is 15.7 Å². The maximum absolute atomic E-state index is 12.3. The molecule has 7 heteroatoms. The quantitative estimate of drug-likeness (QED) is 0.822. The fourth-order valence-corrected chi connectivity index (χ4v) is 1.53. The van der Waals surface area contributed by atoms with E-state index in [1.165, 1.54) is 12.1 Å². The van der Waals surface area contributed by atoms with Crippen LogP contribution in [0.3, 0.4) is 0 Å². The zero-order chi connectivity index (χ0) is 13.2. The first-order chi connectivity index (χ1) is 8.45. The van der Waals surface area contributed by atoms with Crippen LogP contribution in [0.25, 0.3) is 0 Å². The van der Waals surface area contributed by atoms with Gasteiger partial charge in [-0.05, 0) is 46.9 Å². The summed E-state index contributed by atoms with van der Waals surface area (Å²) in [5.74, 6) is 0.343. The lowest BCUT2D eigenvalue weighted by Crippen LogP contribution is -2.04. The Morgan fingerprint density at radius 2 is 1.56 bits per heavy atom. The summed E-state index contributed by atoms with van der Waals surface area (Å²) in [6.07, 6.45) is -1.10. The van der Waals surface area contributed by atoms with Gasteiger partial charge >= 0.3 is 6.18 Å². The lowest BCUT2D eigenvalue weighted by molar-refractivity contribution is -0.137. The highest BCUT2D eigenvalue weighted by Gasteiger charge is 2.29. The first-order valence-corrected chi connectivity index (χ1v) is 5.95. The molecule has 0 radical (unpaired) electrons. The van der Waals surface area contributed by atoms with Crippen LogP contribution in [0.15, 0.2) is 36.7 Å². The highest BCUT2D eigenvalue weighted by molar-refractivity contribution is 14.1. The molecule has 0 aliphatic rings. The monoisotopic (exact) mass is 365 g/mol. The first kappa shape index (κ1) is 13.1. The summed E-state index contributed by atoms with van der Waals surface area (Å²) >= 11 is 2.06. The van der Waals surface area contributed by atoms with Crippen molar-refractivity contribution in [3.63, 3.8) is 0 Å². The summed E-state index contributed by atoms with van der Waals surface area (Å²) in [6, 6.07) is 4.69. The zero-order valence-electron chi connectivity index (χ0n) is 8.87. The highest BCUT2D eigenvalue weighted by atomic mass is 127. The van der Waals surface area contributed by atoms with Crippen LogP contribution in [-0.4, -0.2) is 9.97 Å². The second-order valence-electron chi connectivity index (χ2n) is 3.42. The van der Waals surface area contributed by atoms with E-state index in [9.17, 15) is 13.2 Å². The molecule has 0 bridgehead atoms. The molecular formula is C11H7F3IN3. The molecule has 0 aliphatic heterocycles. The highest BCUT2D eigenvalue weighted by Crippen LogP contribution is 2.30. The Morgan fingerprint density at radius 1 is 1.00 bits per heavy atom. The van der Waals surface area contributed by atoms with E-state index in [-0.39, 0.29) is 0 Å².